The Bertz CT molecular complexity index is 1450. The van der Waals surface area contributed by atoms with Gasteiger partial charge in [-0.25, -0.2) is 4.39 Å². The van der Waals surface area contributed by atoms with Crippen molar-refractivity contribution in [2.45, 2.75) is 25.3 Å². The Hall–Kier alpha value is -4.08. The Balaban J connectivity index is 1.43. The second-order valence-electron chi connectivity index (χ2n) is 10.1. The van der Waals surface area contributed by atoms with E-state index in [1.165, 1.54) is 18.2 Å². The summed E-state index contributed by atoms with van der Waals surface area (Å²) in [5, 5.41) is 15.4. The molecule has 1 aliphatic rings. The summed E-state index contributed by atoms with van der Waals surface area (Å²) in [5.41, 5.74) is 3.47. The number of nitro groups is 1. The van der Waals surface area contributed by atoms with Gasteiger partial charge in [0.25, 0.3) is 5.69 Å². The highest BCUT2D eigenvalue weighted by molar-refractivity contribution is 5.88. The first-order chi connectivity index (χ1) is 19.5. The molecule has 0 unspecified atom stereocenters. The molecule has 1 aliphatic heterocycles. The summed E-state index contributed by atoms with van der Waals surface area (Å²) in [6.07, 6.45) is 2.94. The summed E-state index contributed by atoms with van der Waals surface area (Å²) in [5.74, 6) is -0.899. The molecule has 1 amide bonds. The van der Waals surface area contributed by atoms with Crippen molar-refractivity contribution in [3.63, 3.8) is 0 Å². The summed E-state index contributed by atoms with van der Waals surface area (Å²) in [4.78, 5) is 26.8. The Morgan fingerprint density at radius 2 is 1.80 bits per heavy atom. The minimum absolute atomic E-state index is 0.0170. The number of hydrogen-bond acceptors (Lipinski definition) is 5. The van der Waals surface area contributed by atoms with Crippen LogP contribution in [0.25, 0.3) is 10.9 Å². The van der Waals surface area contributed by atoms with Crippen molar-refractivity contribution in [1.82, 2.24) is 14.8 Å². The molecule has 208 valence electrons. The van der Waals surface area contributed by atoms with Crippen LogP contribution in [-0.4, -0.2) is 59.7 Å². The van der Waals surface area contributed by atoms with Crippen LogP contribution in [0.2, 0.25) is 0 Å². The van der Waals surface area contributed by atoms with Crippen molar-refractivity contribution in [2.75, 3.05) is 39.4 Å². The predicted octanol–water partition coefficient (Wildman–Crippen LogP) is 5.10. The van der Waals surface area contributed by atoms with Crippen molar-refractivity contribution in [1.29, 1.82) is 0 Å². The van der Waals surface area contributed by atoms with Gasteiger partial charge in [0.15, 0.2) is 0 Å². The first-order valence-electron chi connectivity index (χ1n) is 13.6. The average molecular weight is 545 g/mol. The zero-order valence-corrected chi connectivity index (χ0v) is 22.3. The van der Waals surface area contributed by atoms with Crippen molar-refractivity contribution >= 4 is 22.5 Å². The molecule has 0 saturated carbocycles. The second-order valence-corrected chi connectivity index (χ2v) is 10.1. The zero-order chi connectivity index (χ0) is 27.9. The van der Waals surface area contributed by atoms with Crippen LogP contribution in [0.1, 0.15) is 35.4 Å². The molecular weight excluding hydrogens is 511 g/mol. The highest BCUT2D eigenvalue weighted by Crippen LogP contribution is 2.37. The number of carbonyl (C=O) groups excluding carboxylic acids is 1. The fourth-order valence-corrected chi connectivity index (χ4v) is 5.33. The van der Waals surface area contributed by atoms with E-state index in [-0.39, 0.29) is 23.8 Å². The highest BCUT2D eigenvalue weighted by atomic mass is 19.1. The maximum Gasteiger partial charge on any atom is 0.270 e. The molecule has 40 heavy (non-hydrogen) atoms. The molecule has 1 atom stereocenters. The molecule has 3 aromatic carbocycles. The molecule has 0 radical (unpaired) electrons. The third-order valence-corrected chi connectivity index (χ3v) is 7.42. The van der Waals surface area contributed by atoms with Crippen LogP contribution in [-0.2, 0) is 16.1 Å². The van der Waals surface area contributed by atoms with Crippen LogP contribution in [0.15, 0.2) is 79.0 Å². The molecule has 0 aliphatic carbocycles. The number of fused-ring (bicyclic) bond motifs is 1. The summed E-state index contributed by atoms with van der Waals surface area (Å²) in [6, 6.07) is 20.9. The number of aromatic nitrogens is 1. The zero-order valence-electron chi connectivity index (χ0n) is 22.3. The van der Waals surface area contributed by atoms with Gasteiger partial charge in [0.05, 0.1) is 18.1 Å². The van der Waals surface area contributed by atoms with Gasteiger partial charge < -0.3 is 14.6 Å². The number of ether oxygens (including phenoxy) is 1. The molecule has 4 aromatic rings. The largest absolute Gasteiger partial charge is 0.379 e. The van der Waals surface area contributed by atoms with Gasteiger partial charge in [0.1, 0.15) is 5.82 Å². The molecule has 1 N–H and O–H groups in total. The first kappa shape index (κ1) is 27.5. The van der Waals surface area contributed by atoms with Gasteiger partial charge >= 0.3 is 0 Å². The monoisotopic (exact) mass is 544 g/mol. The molecule has 1 aromatic heterocycles. The van der Waals surface area contributed by atoms with Crippen molar-refractivity contribution < 1.29 is 18.8 Å². The fraction of sp³-hybridized carbons (Fsp3) is 0.323. The Kier molecular flexibility index (Phi) is 8.83. The van der Waals surface area contributed by atoms with Crippen LogP contribution in [0.5, 0.6) is 0 Å². The van der Waals surface area contributed by atoms with Crippen LogP contribution in [0.4, 0.5) is 10.1 Å². The summed E-state index contributed by atoms with van der Waals surface area (Å²) < 4.78 is 21.3. The lowest BCUT2D eigenvalue weighted by molar-refractivity contribution is -0.384. The molecular formula is C31H33FN4O4. The standard InChI is InChI=1S/C31H33FN4O4/c32-25-9-7-24(8-10-25)27(20-31(37)33-13-4-14-34-15-17-40-18-16-34)29-22-35(21-23-5-2-1-3-6-23)30-12-11-26(36(38)39)19-28(29)30/h1-3,5-12,19,22,27H,4,13-18,20-21H2,(H,33,37)/t27-/m0/s1. The van der Waals surface area contributed by atoms with Gasteiger partial charge in [-0.15, -0.1) is 0 Å². The maximum atomic E-state index is 13.8. The number of amides is 1. The minimum Gasteiger partial charge on any atom is -0.379 e. The molecule has 0 bridgehead atoms. The molecule has 2 heterocycles. The van der Waals surface area contributed by atoms with E-state index in [0.29, 0.717) is 18.5 Å². The lowest BCUT2D eigenvalue weighted by atomic mass is 9.88. The Morgan fingerprint density at radius 3 is 2.52 bits per heavy atom. The van der Waals surface area contributed by atoms with Crippen molar-refractivity contribution in [3.8, 4) is 0 Å². The number of nitro benzene ring substituents is 1. The molecule has 5 rings (SSSR count). The number of non-ortho nitro benzene ring substituents is 1. The lowest BCUT2D eigenvalue weighted by Crippen LogP contribution is -2.38. The van der Waals surface area contributed by atoms with Gasteiger partial charge in [-0.2, -0.15) is 0 Å². The second kappa shape index (κ2) is 12.8. The van der Waals surface area contributed by atoms with E-state index in [9.17, 15) is 19.3 Å². The molecule has 9 heteroatoms. The number of halogens is 1. The minimum atomic E-state index is -0.415. The van der Waals surface area contributed by atoms with Gasteiger partial charge in [-0.1, -0.05) is 42.5 Å². The average Bonchev–Trinajstić information content (AvgIpc) is 3.33. The Morgan fingerprint density at radius 1 is 1.05 bits per heavy atom. The van der Waals surface area contributed by atoms with Gasteiger partial charge in [0, 0.05) is 67.8 Å². The summed E-state index contributed by atoms with van der Waals surface area (Å²) >= 11 is 0. The topological polar surface area (TPSA) is 89.6 Å². The number of hydrogen-bond donors (Lipinski definition) is 1. The normalized spacial score (nSPS) is 14.7. The van der Waals surface area contributed by atoms with E-state index in [1.807, 2.05) is 36.5 Å². The van der Waals surface area contributed by atoms with Crippen LogP contribution in [0, 0.1) is 15.9 Å². The number of rotatable bonds is 11. The number of nitrogens with one attached hydrogen (secondary N) is 1. The van der Waals surface area contributed by atoms with Gasteiger partial charge in [0.2, 0.25) is 5.91 Å². The molecule has 1 fully saturated rings. The number of carbonyl (C=O) groups is 1. The fourth-order valence-electron chi connectivity index (χ4n) is 5.33. The molecule has 8 nitrogen and oxygen atoms in total. The van der Waals surface area contributed by atoms with Crippen LogP contribution in [0.3, 0.4) is 0 Å². The van der Waals surface area contributed by atoms with E-state index in [4.69, 9.17) is 4.74 Å². The molecule has 1 saturated heterocycles. The highest BCUT2D eigenvalue weighted by Gasteiger charge is 2.24. The van der Waals surface area contributed by atoms with E-state index < -0.39 is 10.8 Å². The maximum absolute atomic E-state index is 13.8. The summed E-state index contributed by atoms with van der Waals surface area (Å²) in [6.45, 7) is 5.29. The first-order valence-corrected chi connectivity index (χ1v) is 13.6. The van der Waals surface area contributed by atoms with E-state index in [0.717, 1.165) is 61.5 Å². The van der Waals surface area contributed by atoms with Gasteiger partial charge in [-0.05, 0) is 47.9 Å². The van der Waals surface area contributed by atoms with Crippen LogP contribution < -0.4 is 5.32 Å². The van der Waals surface area contributed by atoms with Crippen molar-refractivity contribution in [3.05, 3.63) is 112 Å². The predicted molar refractivity (Wildman–Crippen MR) is 152 cm³/mol. The smallest absolute Gasteiger partial charge is 0.270 e. The van der Waals surface area contributed by atoms with E-state index in [1.54, 1.807) is 24.3 Å². The van der Waals surface area contributed by atoms with Gasteiger partial charge in [-0.3, -0.25) is 19.8 Å². The summed E-state index contributed by atoms with van der Waals surface area (Å²) in [7, 11) is 0. The quantitative estimate of drug-likeness (QED) is 0.161. The number of morpholine rings is 1. The van der Waals surface area contributed by atoms with Crippen LogP contribution >= 0.6 is 0 Å². The SMILES string of the molecule is O=C(C[C@@H](c1ccc(F)cc1)c1cn(Cc2ccccc2)c2ccc([N+](=O)[O-])cc12)NCCCN1CCOCC1. The van der Waals surface area contributed by atoms with Crippen molar-refractivity contribution in [2.24, 2.45) is 0 Å². The number of nitrogens with zero attached hydrogens (tertiary/aromatic N) is 3. The Labute approximate surface area is 232 Å². The number of benzene rings is 3. The van der Waals surface area contributed by atoms with E-state index in [2.05, 4.69) is 14.8 Å². The third-order valence-electron chi connectivity index (χ3n) is 7.42. The lowest BCUT2D eigenvalue weighted by Gasteiger charge is -2.26. The van der Waals surface area contributed by atoms with E-state index >= 15 is 0 Å². The third kappa shape index (κ3) is 6.73. The molecule has 0 spiro atoms.